The van der Waals surface area contributed by atoms with Crippen LogP contribution in [0.25, 0.3) is 0 Å². The third-order valence-electron chi connectivity index (χ3n) is 3.55. The molecule has 1 amide bonds. The maximum atomic E-state index is 12.2. The Kier molecular flexibility index (Phi) is 4.17. The van der Waals surface area contributed by atoms with Gasteiger partial charge >= 0.3 is 0 Å². The van der Waals surface area contributed by atoms with Gasteiger partial charge in [0.1, 0.15) is 5.75 Å². The zero-order valence-corrected chi connectivity index (χ0v) is 12.2. The molecule has 1 aromatic heterocycles. The maximum absolute atomic E-state index is 12.2. The van der Waals surface area contributed by atoms with Crippen molar-refractivity contribution in [3.05, 3.63) is 46.4 Å². The van der Waals surface area contributed by atoms with Gasteiger partial charge in [-0.15, -0.1) is 11.3 Å². The highest BCUT2D eigenvalue weighted by Crippen LogP contribution is 2.35. The third-order valence-corrected chi connectivity index (χ3v) is 4.19. The molecule has 0 radical (unpaired) electrons. The number of benzene rings is 1. The van der Waals surface area contributed by atoms with Crippen molar-refractivity contribution in [3.8, 4) is 5.75 Å². The largest absolute Gasteiger partial charge is 0.493 e. The monoisotopic (exact) mass is 304 g/mol. The van der Waals surface area contributed by atoms with Crippen molar-refractivity contribution in [2.75, 3.05) is 13.2 Å². The fourth-order valence-electron chi connectivity index (χ4n) is 2.48. The first-order chi connectivity index (χ1) is 10.3. The second kappa shape index (κ2) is 6.24. The summed E-state index contributed by atoms with van der Waals surface area (Å²) in [7, 11) is 0. The lowest BCUT2D eigenvalue weighted by molar-refractivity contribution is -0.122. The first-order valence-corrected chi connectivity index (χ1v) is 7.71. The first kappa shape index (κ1) is 14.0. The summed E-state index contributed by atoms with van der Waals surface area (Å²) in [6.45, 7) is 0.366. The Morgan fingerprint density at radius 2 is 2.33 bits per heavy atom. The molecule has 0 bridgehead atoms. The summed E-state index contributed by atoms with van der Waals surface area (Å²) in [5.41, 5.74) is 3.39. The number of aliphatic hydroxyl groups is 1. The molecule has 2 aromatic rings. The van der Waals surface area contributed by atoms with E-state index in [1.807, 2.05) is 29.6 Å². The summed E-state index contributed by atoms with van der Waals surface area (Å²) >= 11 is 1.47. The molecule has 3 rings (SSSR count). The number of fused-ring (bicyclic) bond motifs is 1. The molecule has 110 valence electrons. The summed E-state index contributed by atoms with van der Waals surface area (Å²) in [5.74, 6) is 0.529. The summed E-state index contributed by atoms with van der Waals surface area (Å²) in [6, 6.07) is 7.37. The lowest BCUT2D eigenvalue weighted by atomic mass is 9.91. The average molecular weight is 304 g/mol. The van der Waals surface area contributed by atoms with E-state index in [1.165, 1.54) is 11.3 Å². The number of para-hydroxylation sites is 1. The van der Waals surface area contributed by atoms with Gasteiger partial charge in [-0.2, -0.15) is 0 Å². The number of hydrogen-bond donors (Lipinski definition) is 2. The van der Waals surface area contributed by atoms with Crippen molar-refractivity contribution in [3.63, 3.8) is 0 Å². The van der Waals surface area contributed by atoms with Gasteiger partial charge in [-0.1, -0.05) is 18.2 Å². The Morgan fingerprint density at radius 3 is 3.10 bits per heavy atom. The molecule has 1 aromatic carbocycles. The normalized spacial score (nSPS) is 20.4. The molecule has 0 unspecified atom stereocenters. The molecule has 0 spiro atoms. The standard InChI is InChI=1S/C15H16N2O3S/c18-6-10-7-20-13-4-2-1-3-12(13)15(10)17-14(19)5-11-8-21-9-16-11/h1-4,8-10,15,18H,5-7H2,(H,17,19)/t10-,15-/m1/s1. The molecule has 2 heterocycles. The van der Waals surface area contributed by atoms with Gasteiger partial charge in [0.15, 0.2) is 0 Å². The zero-order chi connectivity index (χ0) is 14.7. The molecular weight excluding hydrogens is 288 g/mol. The van der Waals surface area contributed by atoms with Crippen LogP contribution in [0.5, 0.6) is 5.75 Å². The molecule has 2 N–H and O–H groups in total. The van der Waals surface area contributed by atoms with Crippen LogP contribution in [0.3, 0.4) is 0 Å². The number of rotatable bonds is 4. The van der Waals surface area contributed by atoms with E-state index < -0.39 is 0 Å². The quantitative estimate of drug-likeness (QED) is 0.899. The lowest BCUT2D eigenvalue weighted by Crippen LogP contribution is -2.40. The fourth-order valence-corrected chi connectivity index (χ4v) is 3.04. The predicted molar refractivity (Wildman–Crippen MR) is 79.2 cm³/mol. The van der Waals surface area contributed by atoms with E-state index in [0.29, 0.717) is 6.61 Å². The van der Waals surface area contributed by atoms with Crippen LogP contribution in [-0.4, -0.2) is 29.2 Å². The minimum atomic E-state index is -0.230. The van der Waals surface area contributed by atoms with Crippen LogP contribution in [0.1, 0.15) is 17.3 Å². The molecular formula is C15H16N2O3S. The van der Waals surface area contributed by atoms with E-state index in [9.17, 15) is 9.90 Å². The number of hydrogen-bond acceptors (Lipinski definition) is 5. The van der Waals surface area contributed by atoms with Gasteiger partial charge < -0.3 is 15.2 Å². The Morgan fingerprint density at radius 1 is 1.48 bits per heavy atom. The molecule has 1 aliphatic heterocycles. The molecule has 1 aliphatic rings. The number of nitrogens with one attached hydrogen (secondary N) is 1. The van der Waals surface area contributed by atoms with Crippen molar-refractivity contribution >= 4 is 17.2 Å². The van der Waals surface area contributed by atoms with Gasteiger partial charge in [0.05, 0.1) is 36.9 Å². The van der Waals surface area contributed by atoms with Gasteiger partial charge in [-0.3, -0.25) is 4.79 Å². The van der Waals surface area contributed by atoms with Gasteiger partial charge in [-0.05, 0) is 6.07 Å². The summed E-state index contributed by atoms with van der Waals surface area (Å²) in [5, 5.41) is 14.4. The summed E-state index contributed by atoms with van der Waals surface area (Å²) in [6.07, 6.45) is 0.251. The van der Waals surface area contributed by atoms with Gasteiger partial charge in [0.2, 0.25) is 5.91 Å². The van der Waals surface area contributed by atoms with Crippen LogP contribution in [-0.2, 0) is 11.2 Å². The fraction of sp³-hybridized carbons (Fsp3) is 0.333. The van der Waals surface area contributed by atoms with Crippen LogP contribution < -0.4 is 10.1 Å². The highest BCUT2D eigenvalue weighted by Gasteiger charge is 2.31. The molecule has 21 heavy (non-hydrogen) atoms. The number of thiazole rings is 1. The lowest BCUT2D eigenvalue weighted by Gasteiger charge is -2.33. The number of nitrogens with zero attached hydrogens (tertiary/aromatic N) is 1. The van der Waals surface area contributed by atoms with Crippen LogP contribution in [0.4, 0.5) is 0 Å². The number of aliphatic hydroxyl groups excluding tert-OH is 1. The van der Waals surface area contributed by atoms with Crippen molar-refractivity contribution < 1.29 is 14.6 Å². The Labute approximate surface area is 126 Å². The number of amides is 1. The number of carbonyl (C=O) groups is 1. The highest BCUT2D eigenvalue weighted by atomic mass is 32.1. The zero-order valence-electron chi connectivity index (χ0n) is 11.4. The molecule has 0 fully saturated rings. The summed E-state index contributed by atoms with van der Waals surface area (Å²) < 4.78 is 5.62. The Hall–Kier alpha value is -1.92. The second-order valence-electron chi connectivity index (χ2n) is 4.99. The average Bonchev–Trinajstić information content (AvgIpc) is 3.00. The van der Waals surface area contributed by atoms with Crippen LogP contribution in [0.2, 0.25) is 0 Å². The Bertz CT molecular complexity index is 615. The van der Waals surface area contributed by atoms with Crippen molar-refractivity contribution in [2.24, 2.45) is 5.92 Å². The van der Waals surface area contributed by atoms with Crippen LogP contribution in [0, 0.1) is 5.92 Å². The predicted octanol–water partition coefficient (Wildman–Crippen LogP) is 1.54. The minimum Gasteiger partial charge on any atom is -0.493 e. The number of aromatic nitrogens is 1. The van der Waals surface area contributed by atoms with Gasteiger partial charge in [0.25, 0.3) is 0 Å². The maximum Gasteiger partial charge on any atom is 0.226 e. The van der Waals surface area contributed by atoms with Gasteiger partial charge in [-0.25, -0.2) is 4.98 Å². The van der Waals surface area contributed by atoms with Crippen LogP contribution >= 0.6 is 11.3 Å². The van der Waals surface area contributed by atoms with Gasteiger partial charge in [0, 0.05) is 16.9 Å². The van der Waals surface area contributed by atoms with Crippen molar-refractivity contribution in [1.29, 1.82) is 0 Å². The van der Waals surface area contributed by atoms with E-state index in [2.05, 4.69) is 10.3 Å². The minimum absolute atomic E-state index is 0.0318. The van der Waals surface area contributed by atoms with E-state index >= 15 is 0 Å². The first-order valence-electron chi connectivity index (χ1n) is 6.77. The summed E-state index contributed by atoms with van der Waals surface area (Å²) in [4.78, 5) is 16.3. The molecule has 0 saturated heterocycles. The second-order valence-corrected chi connectivity index (χ2v) is 5.71. The number of ether oxygens (including phenoxy) is 1. The third kappa shape index (κ3) is 3.06. The molecule has 5 nitrogen and oxygen atoms in total. The SMILES string of the molecule is O=C(Cc1cscn1)N[C@H]1c2ccccc2OC[C@H]1CO. The van der Waals surface area contributed by atoms with E-state index in [-0.39, 0.29) is 30.9 Å². The van der Waals surface area contributed by atoms with Crippen LogP contribution in [0.15, 0.2) is 35.2 Å². The molecule has 0 saturated carbocycles. The number of carbonyl (C=O) groups excluding carboxylic acids is 1. The Balaban J connectivity index is 1.77. The van der Waals surface area contributed by atoms with E-state index in [0.717, 1.165) is 17.0 Å². The highest BCUT2D eigenvalue weighted by molar-refractivity contribution is 7.07. The van der Waals surface area contributed by atoms with E-state index in [4.69, 9.17) is 4.74 Å². The molecule has 0 aliphatic carbocycles. The smallest absolute Gasteiger partial charge is 0.226 e. The molecule has 2 atom stereocenters. The molecule has 6 heteroatoms. The van der Waals surface area contributed by atoms with E-state index in [1.54, 1.807) is 5.51 Å². The van der Waals surface area contributed by atoms with Crippen molar-refractivity contribution in [1.82, 2.24) is 10.3 Å². The van der Waals surface area contributed by atoms with Crippen molar-refractivity contribution in [2.45, 2.75) is 12.5 Å². The topological polar surface area (TPSA) is 71.5 Å².